The molecule has 3 aromatic carbocycles. The molecule has 0 fully saturated rings. The van der Waals surface area contributed by atoms with Gasteiger partial charge in [0.1, 0.15) is 10.7 Å². The number of carbonyl (C=O) groups excluding carboxylic acids is 1. The molecule has 0 radical (unpaired) electrons. The number of nitrogens with zero attached hydrogens (tertiary/aromatic N) is 4. The Labute approximate surface area is 206 Å². The molecule has 1 amide bonds. The van der Waals surface area contributed by atoms with Gasteiger partial charge in [-0.05, 0) is 29.8 Å². The molecule has 0 bridgehead atoms. The van der Waals surface area contributed by atoms with Gasteiger partial charge in [-0.25, -0.2) is 4.68 Å². The van der Waals surface area contributed by atoms with Gasteiger partial charge in [0.2, 0.25) is 0 Å². The monoisotopic (exact) mass is 487 g/mol. The average Bonchev–Trinajstić information content (AvgIpc) is 3.46. The van der Waals surface area contributed by atoms with E-state index >= 15 is 0 Å². The standard InChI is InChI=1S/C26H19Cl2N5O/c27-20-13-11-18(12-14-20)15-32-17-23(28)25(31-32)29-26(34)22-16-33(21-9-5-2-6-10-21)30-24(22)19-7-3-1-4-8-19/h1-14,16-17H,15H2,(H,29,31,34). The van der Waals surface area contributed by atoms with Crippen molar-refractivity contribution in [2.75, 3.05) is 5.32 Å². The minimum atomic E-state index is -0.348. The maximum absolute atomic E-state index is 13.3. The molecular formula is C26H19Cl2N5O. The molecule has 0 aliphatic carbocycles. The minimum absolute atomic E-state index is 0.284. The van der Waals surface area contributed by atoms with E-state index in [1.807, 2.05) is 84.9 Å². The number of hydrogen-bond donors (Lipinski definition) is 1. The molecule has 1 N–H and O–H groups in total. The molecule has 0 spiro atoms. The largest absolute Gasteiger partial charge is 0.304 e. The van der Waals surface area contributed by atoms with Crippen LogP contribution >= 0.6 is 23.2 Å². The first-order valence-corrected chi connectivity index (χ1v) is 11.3. The normalized spacial score (nSPS) is 10.9. The maximum atomic E-state index is 13.3. The Hall–Kier alpha value is -3.87. The molecule has 0 atom stereocenters. The van der Waals surface area contributed by atoms with Crippen molar-refractivity contribution < 1.29 is 4.79 Å². The van der Waals surface area contributed by atoms with E-state index < -0.39 is 0 Å². The number of aromatic nitrogens is 4. The summed E-state index contributed by atoms with van der Waals surface area (Å²) >= 11 is 12.3. The number of nitrogens with one attached hydrogen (secondary N) is 1. The molecular weight excluding hydrogens is 469 g/mol. The third kappa shape index (κ3) is 4.73. The highest BCUT2D eigenvalue weighted by atomic mass is 35.5. The van der Waals surface area contributed by atoms with E-state index in [4.69, 9.17) is 28.3 Å². The summed E-state index contributed by atoms with van der Waals surface area (Å²) in [7, 11) is 0. The van der Waals surface area contributed by atoms with Crippen LogP contribution in [0.4, 0.5) is 5.82 Å². The summed E-state index contributed by atoms with van der Waals surface area (Å²) in [5.41, 5.74) is 3.68. The SMILES string of the molecule is O=C(Nc1nn(Cc2ccc(Cl)cc2)cc1Cl)c1cn(-c2ccccc2)nc1-c1ccccc1. The molecule has 2 heterocycles. The smallest absolute Gasteiger partial charge is 0.260 e. The number of benzene rings is 3. The molecule has 8 heteroatoms. The first kappa shape index (κ1) is 21.9. The third-order valence-corrected chi connectivity index (χ3v) is 5.76. The van der Waals surface area contributed by atoms with E-state index in [1.54, 1.807) is 21.8 Å². The predicted molar refractivity (Wildman–Crippen MR) is 135 cm³/mol. The predicted octanol–water partition coefficient (Wildman–Crippen LogP) is 6.34. The van der Waals surface area contributed by atoms with E-state index in [0.717, 1.165) is 16.8 Å². The van der Waals surface area contributed by atoms with Crippen LogP contribution in [0.5, 0.6) is 0 Å². The summed E-state index contributed by atoms with van der Waals surface area (Å²) in [4.78, 5) is 13.3. The zero-order valence-corrected chi connectivity index (χ0v) is 19.4. The van der Waals surface area contributed by atoms with Gasteiger partial charge in [-0.1, -0.05) is 83.9 Å². The number of hydrogen-bond acceptors (Lipinski definition) is 3. The zero-order valence-electron chi connectivity index (χ0n) is 17.9. The first-order chi connectivity index (χ1) is 16.6. The van der Waals surface area contributed by atoms with Crippen molar-refractivity contribution in [2.45, 2.75) is 6.54 Å². The van der Waals surface area contributed by atoms with Gasteiger partial charge in [-0.2, -0.15) is 10.2 Å². The van der Waals surface area contributed by atoms with Gasteiger partial charge in [-0.3, -0.25) is 9.48 Å². The summed E-state index contributed by atoms with van der Waals surface area (Å²) in [6, 6.07) is 26.7. The van der Waals surface area contributed by atoms with Crippen molar-refractivity contribution in [3.63, 3.8) is 0 Å². The Bertz CT molecular complexity index is 1430. The molecule has 168 valence electrons. The molecule has 0 aliphatic rings. The molecule has 0 saturated heterocycles. The number of carbonyl (C=O) groups is 1. The first-order valence-electron chi connectivity index (χ1n) is 10.6. The molecule has 0 aliphatic heterocycles. The fourth-order valence-corrected chi connectivity index (χ4v) is 3.90. The number of amides is 1. The summed E-state index contributed by atoms with van der Waals surface area (Å²) in [6.45, 7) is 0.494. The number of halogens is 2. The van der Waals surface area contributed by atoms with Crippen LogP contribution in [0, 0.1) is 0 Å². The van der Waals surface area contributed by atoms with Crippen LogP contribution in [-0.2, 0) is 6.54 Å². The maximum Gasteiger partial charge on any atom is 0.260 e. The van der Waals surface area contributed by atoms with Crippen LogP contribution in [0.25, 0.3) is 16.9 Å². The summed E-state index contributed by atoms with van der Waals surface area (Å²) in [5.74, 6) is -0.0632. The number of anilines is 1. The van der Waals surface area contributed by atoms with Gasteiger partial charge in [0, 0.05) is 23.0 Å². The lowest BCUT2D eigenvalue weighted by atomic mass is 10.1. The molecule has 6 nitrogen and oxygen atoms in total. The highest BCUT2D eigenvalue weighted by Crippen LogP contribution is 2.26. The van der Waals surface area contributed by atoms with Crippen molar-refractivity contribution in [1.82, 2.24) is 19.6 Å². The van der Waals surface area contributed by atoms with Crippen molar-refractivity contribution in [3.8, 4) is 16.9 Å². The molecule has 0 unspecified atom stereocenters. The van der Waals surface area contributed by atoms with Crippen LogP contribution in [0.15, 0.2) is 97.3 Å². The van der Waals surface area contributed by atoms with Crippen LogP contribution in [0.3, 0.4) is 0 Å². The van der Waals surface area contributed by atoms with Crippen molar-refractivity contribution in [2.24, 2.45) is 0 Å². The van der Waals surface area contributed by atoms with Gasteiger partial charge in [0.25, 0.3) is 5.91 Å². The van der Waals surface area contributed by atoms with E-state index in [0.29, 0.717) is 27.8 Å². The Balaban J connectivity index is 1.44. The lowest BCUT2D eigenvalue weighted by Crippen LogP contribution is -2.13. The lowest BCUT2D eigenvalue weighted by Gasteiger charge is -2.04. The molecule has 0 saturated carbocycles. The van der Waals surface area contributed by atoms with Gasteiger partial charge in [0.15, 0.2) is 5.82 Å². The minimum Gasteiger partial charge on any atom is -0.304 e. The summed E-state index contributed by atoms with van der Waals surface area (Å²) in [5, 5.41) is 13.0. The molecule has 2 aromatic heterocycles. The fourth-order valence-electron chi connectivity index (χ4n) is 3.58. The highest BCUT2D eigenvalue weighted by Gasteiger charge is 2.21. The zero-order chi connectivity index (χ0) is 23.5. The van der Waals surface area contributed by atoms with E-state index in [-0.39, 0.29) is 11.7 Å². The highest BCUT2D eigenvalue weighted by molar-refractivity contribution is 6.33. The van der Waals surface area contributed by atoms with Crippen molar-refractivity contribution in [3.05, 3.63) is 118 Å². The molecule has 5 aromatic rings. The van der Waals surface area contributed by atoms with Crippen LogP contribution < -0.4 is 5.32 Å². The van der Waals surface area contributed by atoms with Crippen molar-refractivity contribution >= 4 is 34.9 Å². The fraction of sp³-hybridized carbons (Fsp3) is 0.0385. The Morgan fingerprint density at radius 3 is 2.21 bits per heavy atom. The average molecular weight is 488 g/mol. The molecule has 5 rings (SSSR count). The summed E-state index contributed by atoms with van der Waals surface area (Å²) in [6.07, 6.45) is 3.39. The van der Waals surface area contributed by atoms with E-state index in [2.05, 4.69) is 10.4 Å². The Morgan fingerprint density at radius 2 is 1.50 bits per heavy atom. The Kier molecular flexibility index (Phi) is 6.16. The third-order valence-electron chi connectivity index (χ3n) is 5.23. The van der Waals surface area contributed by atoms with E-state index in [1.165, 1.54) is 0 Å². The van der Waals surface area contributed by atoms with Crippen LogP contribution in [0.1, 0.15) is 15.9 Å². The second-order valence-corrected chi connectivity index (χ2v) is 8.48. The second kappa shape index (κ2) is 9.55. The lowest BCUT2D eigenvalue weighted by molar-refractivity contribution is 0.102. The second-order valence-electron chi connectivity index (χ2n) is 7.64. The quantitative estimate of drug-likeness (QED) is 0.303. The van der Waals surface area contributed by atoms with Crippen molar-refractivity contribution in [1.29, 1.82) is 0 Å². The topological polar surface area (TPSA) is 64.7 Å². The van der Waals surface area contributed by atoms with E-state index in [9.17, 15) is 4.79 Å². The Morgan fingerprint density at radius 1 is 0.824 bits per heavy atom. The van der Waals surface area contributed by atoms with Gasteiger partial charge < -0.3 is 5.32 Å². The number of para-hydroxylation sites is 1. The summed E-state index contributed by atoms with van der Waals surface area (Å²) < 4.78 is 3.37. The number of rotatable bonds is 6. The van der Waals surface area contributed by atoms with Crippen LogP contribution in [0.2, 0.25) is 10.0 Å². The van der Waals surface area contributed by atoms with Gasteiger partial charge in [0.05, 0.1) is 17.8 Å². The van der Waals surface area contributed by atoms with Gasteiger partial charge >= 0.3 is 0 Å². The van der Waals surface area contributed by atoms with Crippen LogP contribution in [-0.4, -0.2) is 25.5 Å². The van der Waals surface area contributed by atoms with Gasteiger partial charge in [-0.15, -0.1) is 0 Å². The molecule has 34 heavy (non-hydrogen) atoms.